The Morgan fingerprint density at radius 1 is 1.55 bits per heavy atom. The SMILES string of the molecule is CNC1CCCN(Cc2nn3c(=O)cc(C)nc3s2)C1. The van der Waals surface area contributed by atoms with Gasteiger partial charge in [-0.1, -0.05) is 11.3 Å². The lowest BCUT2D eigenvalue weighted by Gasteiger charge is -2.31. The fraction of sp³-hybridized carbons (Fsp3) is 0.615. The van der Waals surface area contributed by atoms with Crippen molar-refractivity contribution in [3.63, 3.8) is 0 Å². The molecule has 1 aliphatic rings. The van der Waals surface area contributed by atoms with E-state index in [-0.39, 0.29) is 5.56 Å². The molecule has 0 amide bonds. The van der Waals surface area contributed by atoms with Gasteiger partial charge in [-0.15, -0.1) is 0 Å². The summed E-state index contributed by atoms with van der Waals surface area (Å²) in [5.74, 6) is 0. The summed E-state index contributed by atoms with van der Waals surface area (Å²) in [5, 5.41) is 8.69. The number of likely N-dealkylation sites (N-methyl/N-ethyl adjacent to an activating group) is 1. The maximum absolute atomic E-state index is 11.8. The van der Waals surface area contributed by atoms with Crippen molar-refractivity contribution >= 4 is 16.3 Å². The molecule has 108 valence electrons. The third-order valence-corrected chi connectivity index (χ3v) is 4.58. The van der Waals surface area contributed by atoms with Crippen LogP contribution in [0.5, 0.6) is 0 Å². The number of piperidine rings is 1. The first-order valence-corrected chi connectivity index (χ1v) is 7.73. The molecule has 1 aliphatic heterocycles. The highest BCUT2D eigenvalue weighted by molar-refractivity contribution is 7.16. The fourth-order valence-electron chi connectivity index (χ4n) is 2.65. The van der Waals surface area contributed by atoms with Crippen LogP contribution in [0, 0.1) is 6.92 Å². The number of likely N-dealkylation sites (tertiary alicyclic amines) is 1. The lowest BCUT2D eigenvalue weighted by molar-refractivity contribution is 0.187. The largest absolute Gasteiger partial charge is 0.316 e. The summed E-state index contributed by atoms with van der Waals surface area (Å²) in [6.45, 7) is 4.76. The second kappa shape index (κ2) is 5.59. The molecule has 2 aromatic heterocycles. The summed E-state index contributed by atoms with van der Waals surface area (Å²) >= 11 is 1.51. The highest BCUT2D eigenvalue weighted by Crippen LogP contribution is 2.17. The minimum atomic E-state index is -0.0956. The Kier molecular flexibility index (Phi) is 3.82. The molecule has 20 heavy (non-hydrogen) atoms. The van der Waals surface area contributed by atoms with Gasteiger partial charge in [0.2, 0.25) is 4.96 Å². The van der Waals surface area contributed by atoms with E-state index in [1.54, 1.807) is 0 Å². The van der Waals surface area contributed by atoms with Gasteiger partial charge in [0.25, 0.3) is 5.56 Å². The third kappa shape index (κ3) is 2.74. The van der Waals surface area contributed by atoms with Crippen LogP contribution in [0.4, 0.5) is 0 Å². The monoisotopic (exact) mass is 293 g/mol. The van der Waals surface area contributed by atoms with Crippen molar-refractivity contribution in [3.8, 4) is 0 Å². The molecule has 1 unspecified atom stereocenters. The van der Waals surface area contributed by atoms with Gasteiger partial charge in [-0.25, -0.2) is 4.98 Å². The van der Waals surface area contributed by atoms with E-state index in [0.717, 1.165) is 30.3 Å². The van der Waals surface area contributed by atoms with Gasteiger partial charge in [0.05, 0.1) is 6.54 Å². The summed E-state index contributed by atoms with van der Waals surface area (Å²) in [6.07, 6.45) is 2.43. The Bertz CT molecular complexity index is 664. The van der Waals surface area contributed by atoms with Gasteiger partial charge in [0, 0.05) is 24.3 Å². The number of nitrogens with zero attached hydrogens (tertiary/aromatic N) is 4. The summed E-state index contributed by atoms with van der Waals surface area (Å²) in [6, 6.07) is 2.08. The smallest absolute Gasteiger partial charge is 0.275 e. The first-order chi connectivity index (χ1) is 9.65. The van der Waals surface area contributed by atoms with Crippen LogP contribution in [0.3, 0.4) is 0 Å². The van der Waals surface area contributed by atoms with Gasteiger partial charge in [-0.2, -0.15) is 9.61 Å². The zero-order chi connectivity index (χ0) is 14.1. The first kappa shape index (κ1) is 13.7. The van der Waals surface area contributed by atoms with E-state index >= 15 is 0 Å². The van der Waals surface area contributed by atoms with Gasteiger partial charge < -0.3 is 5.32 Å². The molecular formula is C13H19N5OS. The lowest BCUT2D eigenvalue weighted by Crippen LogP contribution is -2.43. The molecule has 0 saturated carbocycles. The van der Waals surface area contributed by atoms with Crippen molar-refractivity contribution in [3.05, 3.63) is 27.1 Å². The van der Waals surface area contributed by atoms with E-state index < -0.39 is 0 Å². The Balaban J connectivity index is 1.81. The van der Waals surface area contributed by atoms with Crippen molar-refractivity contribution in [2.45, 2.75) is 32.4 Å². The highest BCUT2D eigenvalue weighted by Gasteiger charge is 2.20. The maximum Gasteiger partial charge on any atom is 0.275 e. The Hall–Kier alpha value is -1.31. The van der Waals surface area contributed by atoms with E-state index in [4.69, 9.17) is 0 Å². The molecule has 1 N–H and O–H groups in total. The first-order valence-electron chi connectivity index (χ1n) is 6.92. The van der Waals surface area contributed by atoms with E-state index in [1.165, 1.54) is 34.8 Å². The van der Waals surface area contributed by atoms with Crippen LogP contribution < -0.4 is 10.9 Å². The molecule has 6 nitrogen and oxygen atoms in total. The molecule has 0 aromatic carbocycles. The van der Waals surface area contributed by atoms with E-state index in [2.05, 4.69) is 20.3 Å². The number of hydrogen-bond donors (Lipinski definition) is 1. The van der Waals surface area contributed by atoms with Gasteiger partial charge in [0.15, 0.2) is 0 Å². The van der Waals surface area contributed by atoms with Crippen LogP contribution in [0.15, 0.2) is 10.9 Å². The lowest BCUT2D eigenvalue weighted by atomic mass is 10.1. The Morgan fingerprint density at radius 2 is 2.40 bits per heavy atom. The van der Waals surface area contributed by atoms with Crippen molar-refractivity contribution in [1.29, 1.82) is 0 Å². The summed E-state index contributed by atoms with van der Waals surface area (Å²) < 4.78 is 1.41. The Labute approximate surface area is 121 Å². The van der Waals surface area contributed by atoms with Crippen LogP contribution in [0.1, 0.15) is 23.5 Å². The molecule has 1 fully saturated rings. The van der Waals surface area contributed by atoms with Gasteiger partial charge in [-0.3, -0.25) is 9.69 Å². The van der Waals surface area contributed by atoms with E-state index in [0.29, 0.717) is 11.0 Å². The number of hydrogen-bond acceptors (Lipinski definition) is 6. The van der Waals surface area contributed by atoms with Crippen LogP contribution in [-0.4, -0.2) is 45.7 Å². The van der Waals surface area contributed by atoms with E-state index in [1.807, 2.05) is 14.0 Å². The maximum atomic E-state index is 11.8. The normalized spacial score (nSPS) is 20.6. The second-order valence-corrected chi connectivity index (χ2v) is 6.33. The summed E-state index contributed by atoms with van der Waals surface area (Å²) in [7, 11) is 2.01. The molecule has 7 heteroatoms. The average molecular weight is 293 g/mol. The second-order valence-electron chi connectivity index (χ2n) is 5.29. The molecule has 3 rings (SSSR count). The topological polar surface area (TPSA) is 62.5 Å². The number of aromatic nitrogens is 3. The van der Waals surface area contributed by atoms with Crippen LogP contribution >= 0.6 is 11.3 Å². The number of rotatable bonds is 3. The number of aryl methyl sites for hydroxylation is 1. The molecule has 3 heterocycles. The quantitative estimate of drug-likeness (QED) is 0.900. The minimum absolute atomic E-state index is 0.0956. The molecule has 2 aromatic rings. The number of fused-ring (bicyclic) bond motifs is 1. The third-order valence-electron chi connectivity index (χ3n) is 3.69. The molecule has 1 atom stereocenters. The molecule has 0 bridgehead atoms. The van der Waals surface area contributed by atoms with Crippen molar-refractivity contribution < 1.29 is 0 Å². The van der Waals surface area contributed by atoms with Gasteiger partial charge >= 0.3 is 0 Å². The van der Waals surface area contributed by atoms with Crippen LogP contribution in [0.2, 0.25) is 0 Å². The minimum Gasteiger partial charge on any atom is -0.316 e. The predicted molar refractivity (Wildman–Crippen MR) is 79.2 cm³/mol. The molecule has 0 radical (unpaired) electrons. The van der Waals surface area contributed by atoms with Crippen molar-refractivity contribution in [2.24, 2.45) is 0 Å². The molecule has 1 saturated heterocycles. The molecule has 0 spiro atoms. The van der Waals surface area contributed by atoms with Crippen molar-refractivity contribution in [2.75, 3.05) is 20.1 Å². The zero-order valence-electron chi connectivity index (χ0n) is 11.8. The van der Waals surface area contributed by atoms with Crippen LogP contribution in [0.25, 0.3) is 4.96 Å². The number of nitrogens with one attached hydrogen (secondary N) is 1. The zero-order valence-corrected chi connectivity index (χ0v) is 12.6. The Morgan fingerprint density at radius 3 is 3.20 bits per heavy atom. The van der Waals surface area contributed by atoms with Gasteiger partial charge in [0.1, 0.15) is 5.01 Å². The average Bonchev–Trinajstić information content (AvgIpc) is 2.81. The highest BCUT2D eigenvalue weighted by atomic mass is 32.1. The van der Waals surface area contributed by atoms with Crippen molar-refractivity contribution in [1.82, 2.24) is 24.8 Å². The predicted octanol–water partition coefficient (Wildman–Crippen LogP) is 0.643. The van der Waals surface area contributed by atoms with Gasteiger partial charge in [-0.05, 0) is 33.4 Å². The molecular weight excluding hydrogens is 274 g/mol. The fourth-order valence-corrected chi connectivity index (χ4v) is 3.64. The molecule has 0 aliphatic carbocycles. The summed E-state index contributed by atoms with van der Waals surface area (Å²) in [4.78, 5) is 19.3. The van der Waals surface area contributed by atoms with E-state index in [9.17, 15) is 4.79 Å². The summed E-state index contributed by atoms with van der Waals surface area (Å²) in [5.41, 5.74) is 0.653. The standard InChI is InChI=1S/C13H19N5OS/c1-9-6-12(19)18-13(15-9)20-11(16-18)8-17-5-3-4-10(7-17)14-2/h6,10,14H,3-5,7-8H2,1-2H3. The van der Waals surface area contributed by atoms with Crippen LogP contribution in [-0.2, 0) is 6.54 Å².